The van der Waals surface area contributed by atoms with Crippen molar-refractivity contribution < 1.29 is 9.21 Å². The zero-order valence-electron chi connectivity index (χ0n) is 17.8. The fourth-order valence-electron chi connectivity index (χ4n) is 4.20. The maximum Gasteiger partial charge on any atom is 0.294 e. The van der Waals surface area contributed by atoms with E-state index < -0.39 is 0 Å². The van der Waals surface area contributed by atoms with E-state index in [0.717, 1.165) is 38.2 Å². The molecule has 1 aliphatic heterocycles. The Morgan fingerprint density at radius 2 is 1.70 bits per heavy atom. The molecule has 0 aliphatic carbocycles. The number of hydrogen-bond donors (Lipinski definition) is 0. The molecule has 1 aromatic heterocycles. The SMILES string of the molecule is CC(C)c1ccc(CN2CCC(N(C(=O)c3ccco3)c3ccccc3)CC2)cc1. The molecule has 0 N–H and O–H groups in total. The third kappa shape index (κ3) is 4.65. The molecule has 0 unspecified atom stereocenters. The van der Waals surface area contributed by atoms with E-state index in [1.165, 1.54) is 11.1 Å². The highest BCUT2D eigenvalue weighted by Crippen LogP contribution is 2.27. The maximum atomic E-state index is 13.2. The molecule has 1 amide bonds. The molecule has 0 bridgehead atoms. The van der Waals surface area contributed by atoms with Gasteiger partial charge in [-0.2, -0.15) is 0 Å². The molecule has 4 heteroatoms. The highest BCUT2D eigenvalue weighted by molar-refractivity contribution is 6.04. The second-order valence-corrected chi connectivity index (χ2v) is 8.39. The first-order chi connectivity index (χ1) is 14.6. The topological polar surface area (TPSA) is 36.7 Å². The third-order valence-electron chi connectivity index (χ3n) is 5.96. The van der Waals surface area contributed by atoms with Gasteiger partial charge in [0, 0.05) is 31.4 Å². The van der Waals surface area contributed by atoms with Crippen LogP contribution in [0.15, 0.2) is 77.4 Å². The van der Waals surface area contributed by atoms with Crippen molar-refractivity contribution in [2.45, 2.75) is 45.2 Å². The number of likely N-dealkylation sites (tertiary alicyclic amines) is 1. The number of anilines is 1. The lowest BCUT2D eigenvalue weighted by Gasteiger charge is -2.38. The van der Waals surface area contributed by atoms with E-state index in [1.54, 1.807) is 18.4 Å². The summed E-state index contributed by atoms with van der Waals surface area (Å²) in [5.41, 5.74) is 3.67. The minimum absolute atomic E-state index is 0.0612. The Morgan fingerprint density at radius 1 is 1.00 bits per heavy atom. The van der Waals surface area contributed by atoms with Crippen LogP contribution in [0.3, 0.4) is 0 Å². The van der Waals surface area contributed by atoms with E-state index >= 15 is 0 Å². The van der Waals surface area contributed by atoms with Crippen molar-refractivity contribution in [2.24, 2.45) is 0 Å². The fraction of sp³-hybridized carbons (Fsp3) is 0.346. The summed E-state index contributed by atoms with van der Waals surface area (Å²) in [4.78, 5) is 17.6. The second kappa shape index (κ2) is 9.31. The van der Waals surface area contributed by atoms with Gasteiger partial charge in [0.05, 0.1) is 6.26 Å². The van der Waals surface area contributed by atoms with Crippen LogP contribution in [0.25, 0.3) is 0 Å². The third-order valence-corrected chi connectivity index (χ3v) is 5.96. The molecule has 3 aromatic rings. The number of carbonyl (C=O) groups is 1. The van der Waals surface area contributed by atoms with Crippen LogP contribution in [0.1, 0.15) is 54.3 Å². The van der Waals surface area contributed by atoms with E-state index in [4.69, 9.17) is 4.42 Å². The summed E-state index contributed by atoms with van der Waals surface area (Å²) in [6, 6.07) is 22.6. The monoisotopic (exact) mass is 402 g/mol. The number of nitrogens with zero attached hydrogens (tertiary/aromatic N) is 2. The number of hydrogen-bond acceptors (Lipinski definition) is 3. The van der Waals surface area contributed by atoms with Gasteiger partial charge in [0.1, 0.15) is 0 Å². The molecule has 4 nitrogen and oxygen atoms in total. The average Bonchev–Trinajstić information content (AvgIpc) is 3.31. The van der Waals surface area contributed by atoms with Crippen LogP contribution in [-0.4, -0.2) is 29.9 Å². The zero-order chi connectivity index (χ0) is 20.9. The quantitative estimate of drug-likeness (QED) is 0.529. The van der Waals surface area contributed by atoms with Gasteiger partial charge < -0.3 is 9.32 Å². The first-order valence-corrected chi connectivity index (χ1v) is 10.8. The molecule has 2 heterocycles. The van der Waals surface area contributed by atoms with Crippen LogP contribution in [-0.2, 0) is 6.54 Å². The van der Waals surface area contributed by atoms with Gasteiger partial charge in [-0.1, -0.05) is 56.3 Å². The molecule has 1 aliphatic rings. The molecule has 0 spiro atoms. The summed E-state index contributed by atoms with van der Waals surface area (Å²) in [5.74, 6) is 0.894. The van der Waals surface area contributed by atoms with E-state index in [1.807, 2.05) is 35.2 Å². The van der Waals surface area contributed by atoms with Crippen LogP contribution >= 0.6 is 0 Å². The smallest absolute Gasteiger partial charge is 0.294 e. The Kier molecular flexibility index (Phi) is 6.34. The van der Waals surface area contributed by atoms with E-state index in [2.05, 4.69) is 43.0 Å². The predicted molar refractivity (Wildman–Crippen MR) is 121 cm³/mol. The zero-order valence-corrected chi connectivity index (χ0v) is 17.8. The molecule has 1 fully saturated rings. The minimum atomic E-state index is -0.0612. The molecule has 0 atom stereocenters. The predicted octanol–water partition coefficient (Wildman–Crippen LogP) is 5.71. The Morgan fingerprint density at radius 3 is 2.30 bits per heavy atom. The lowest BCUT2D eigenvalue weighted by molar-refractivity contribution is 0.0932. The number of rotatable bonds is 6. The van der Waals surface area contributed by atoms with Gasteiger partial charge in [0.25, 0.3) is 5.91 Å². The van der Waals surface area contributed by atoms with Crippen molar-refractivity contribution in [1.29, 1.82) is 0 Å². The summed E-state index contributed by atoms with van der Waals surface area (Å²) in [5, 5.41) is 0. The van der Waals surface area contributed by atoms with Crippen LogP contribution in [0.5, 0.6) is 0 Å². The molecule has 0 saturated carbocycles. The average molecular weight is 403 g/mol. The molecule has 30 heavy (non-hydrogen) atoms. The van der Waals surface area contributed by atoms with Gasteiger partial charge in [-0.05, 0) is 54.2 Å². The number of benzene rings is 2. The standard InChI is InChI=1S/C26H30N2O2/c1-20(2)22-12-10-21(11-13-22)19-27-16-14-24(15-17-27)28(23-7-4-3-5-8-23)26(29)25-9-6-18-30-25/h3-13,18,20,24H,14-17,19H2,1-2H3. The van der Waals surface area contributed by atoms with Crippen molar-refractivity contribution in [2.75, 3.05) is 18.0 Å². The van der Waals surface area contributed by atoms with Crippen LogP contribution in [0.4, 0.5) is 5.69 Å². The minimum Gasteiger partial charge on any atom is -0.459 e. The molecular weight excluding hydrogens is 372 g/mol. The first-order valence-electron chi connectivity index (χ1n) is 10.8. The van der Waals surface area contributed by atoms with Crippen molar-refractivity contribution in [1.82, 2.24) is 4.90 Å². The first kappa shape index (κ1) is 20.4. The van der Waals surface area contributed by atoms with Crippen molar-refractivity contribution >= 4 is 11.6 Å². The van der Waals surface area contributed by atoms with Gasteiger partial charge in [0.15, 0.2) is 5.76 Å². The maximum absolute atomic E-state index is 13.2. The van der Waals surface area contributed by atoms with Crippen LogP contribution in [0, 0.1) is 0 Å². The van der Waals surface area contributed by atoms with Crippen molar-refractivity contribution in [3.63, 3.8) is 0 Å². The van der Waals surface area contributed by atoms with Crippen LogP contribution in [0.2, 0.25) is 0 Å². The highest BCUT2D eigenvalue weighted by atomic mass is 16.3. The summed E-state index contributed by atoms with van der Waals surface area (Å²) >= 11 is 0. The number of para-hydroxylation sites is 1. The van der Waals surface area contributed by atoms with Gasteiger partial charge in [0.2, 0.25) is 0 Å². The number of furan rings is 1. The normalized spacial score (nSPS) is 15.4. The van der Waals surface area contributed by atoms with Gasteiger partial charge in [-0.25, -0.2) is 0 Å². The molecule has 1 saturated heterocycles. The van der Waals surface area contributed by atoms with Crippen LogP contribution < -0.4 is 4.90 Å². The second-order valence-electron chi connectivity index (χ2n) is 8.39. The fourth-order valence-corrected chi connectivity index (χ4v) is 4.20. The van der Waals surface area contributed by atoms with E-state index in [-0.39, 0.29) is 11.9 Å². The Hall–Kier alpha value is -2.85. The summed E-state index contributed by atoms with van der Waals surface area (Å²) in [6.07, 6.45) is 3.46. The summed E-state index contributed by atoms with van der Waals surface area (Å²) < 4.78 is 5.41. The number of piperidine rings is 1. The number of carbonyl (C=O) groups excluding carboxylic acids is 1. The lowest BCUT2D eigenvalue weighted by Crippen LogP contribution is -2.47. The Balaban J connectivity index is 1.43. The molecule has 156 valence electrons. The molecule has 4 rings (SSSR count). The lowest BCUT2D eigenvalue weighted by atomic mass is 9.99. The highest BCUT2D eigenvalue weighted by Gasteiger charge is 2.31. The van der Waals surface area contributed by atoms with E-state index in [0.29, 0.717) is 11.7 Å². The Labute approximate surface area is 179 Å². The van der Waals surface area contributed by atoms with Gasteiger partial charge in [-0.3, -0.25) is 9.69 Å². The molecule has 2 aromatic carbocycles. The summed E-state index contributed by atoms with van der Waals surface area (Å²) in [6.45, 7) is 7.36. The Bertz CT molecular complexity index is 925. The summed E-state index contributed by atoms with van der Waals surface area (Å²) in [7, 11) is 0. The van der Waals surface area contributed by atoms with Crippen molar-refractivity contribution in [3.8, 4) is 0 Å². The largest absolute Gasteiger partial charge is 0.459 e. The van der Waals surface area contributed by atoms with E-state index in [9.17, 15) is 4.79 Å². The molecular formula is C26H30N2O2. The number of amides is 1. The molecule has 0 radical (unpaired) electrons. The van der Waals surface area contributed by atoms with Gasteiger partial charge >= 0.3 is 0 Å². The van der Waals surface area contributed by atoms with Crippen molar-refractivity contribution in [3.05, 3.63) is 89.9 Å². The van der Waals surface area contributed by atoms with Gasteiger partial charge in [-0.15, -0.1) is 0 Å².